The summed E-state index contributed by atoms with van der Waals surface area (Å²) in [6.45, 7) is 3.97. The Hall–Kier alpha value is -0.900. The lowest BCUT2D eigenvalue weighted by Crippen LogP contribution is -2.12. The molecule has 1 saturated carbocycles. The summed E-state index contributed by atoms with van der Waals surface area (Å²) < 4.78 is 0. The van der Waals surface area contributed by atoms with Crippen LogP contribution in [0.5, 0.6) is 0 Å². The van der Waals surface area contributed by atoms with E-state index >= 15 is 0 Å². The van der Waals surface area contributed by atoms with Gasteiger partial charge in [0.15, 0.2) is 5.13 Å². The quantitative estimate of drug-likeness (QED) is 0.787. The topological polar surface area (TPSA) is 42.0 Å². The summed E-state index contributed by atoms with van der Waals surface area (Å²) in [5.41, 5.74) is 1.01. The van der Waals surface area contributed by atoms with Crippen LogP contribution in [-0.2, 0) is 4.79 Å². The Kier molecular flexibility index (Phi) is 2.07. The van der Waals surface area contributed by atoms with Crippen LogP contribution in [0.25, 0.3) is 0 Å². The van der Waals surface area contributed by atoms with Gasteiger partial charge < -0.3 is 5.32 Å². The van der Waals surface area contributed by atoms with E-state index in [1.54, 1.807) is 11.3 Å². The number of aryl methyl sites for hydroxylation is 2. The van der Waals surface area contributed by atoms with Crippen molar-refractivity contribution in [3.05, 3.63) is 10.6 Å². The second-order valence-corrected chi connectivity index (χ2v) is 4.63. The van der Waals surface area contributed by atoms with Gasteiger partial charge in [-0.1, -0.05) is 0 Å². The van der Waals surface area contributed by atoms with Gasteiger partial charge in [-0.15, -0.1) is 11.3 Å². The van der Waals surface area contributed by atoms with E-state index in [1.807, 2.05) is 13.8 Å². The number of rotatable bonds is 2. The lowest BCUT2D eigenvalue weighted by atomic mass is 10.4. The first-order chi connectivity index (χ1) is 6.16. The van der Waals surface area contributed by atoms with Crippen molar-refractivity contribution in [2.45, 2.75) is 26.7 Å². The standard InChI is InChI=1S/C9H12N2OS/c1-5-6(2)13-9(10-5)11-8(12)7-3-4-7/h7H,3-4H2,1-2H3,(H,10,11,12). The number of carbonyl (C=O) groups excluding carboxylic acids is 1. The molecule has 0 aliphatic heterocycles. The van der Waals surface area contributed by atoms with Crippen LogP contribution in [0.4, 0.5) is 5.13 Å². The second kappa shape index (κ2) is 3.10. The van der Waals surface area contributed by atoms with Crippen LogP contribution in [0.2, 0.25) is 0 Å². The number of aromatic nitrogens is 1. The van der Waals surface area contributed by atoms with Crippen molar-refractivity contribution < 1.29 is 4.79 Å². The smallest absolute Gasteiger partial charge is 0.229 e. The highest BCUT2D eigenvalue weighted by Crippen LogP contribution is 2.31. The lowest BCUT2D eigenvalue weighted by Gasteiger charge is -1.96. The van der Waals surface area contributed by atoms with Gasteiger partial charge >= 0.3 is 0 Å². The average Bonchev–Trinajstić information content (AvgIpc) is 2.81. The molecule has 0 saturated heterocycles. The van der Waals surface area contributed by atoms with E-state index in [-0.39, 0.29) is 11.8 Å². The van der Waals surface area contributed by atoms with Gasteiger partial charge in [0.2, 0.25) is 5.91 Å². The summed E-state index contributed by atoms with van der Waals surface area (Å²) in [5.74, 6) is 0.387. The van der Waals surface area contributed by atoms with Crippen LogP contribution in [0.15, 0.2) is 0 Å². The molecule has 1 heterocycles. The van der Waals surface area contributed by atoms with Crippen LogP contribution >= 0.6 is 11.3 Å². The number of thiazole rings is 1. The molecular formula is C9H12N2OS. The van der Waals surface area contributed by atoms with Crippen LogP contribution < -0.4 is 5.32 Å². The summed E-state index contributed by atoms with van der Waals surface area (Å²) in [6.07, 6.45) is 2.07. The fraction of sp³-hybridized carbons (Fsp3) is 0.556. The minimum atomic E-state index is 0.133. The summed E-state index contributed by atoms with van der Waals surface area (Å²) in [4.78, 5) is 16.8. The maximum atomic E-state index is 11.4. The first-order valence-electron chi connectivity index (χ1n) is 4.41. The molecule has 13 heavy (non-hydrogen) atoms. The Morgan fingerprint density at radius 2 is 2.23 bits per heavy atom. The molecule has 1 aromatic heterocycles. The van der Waals surface area contributed by atoms with Gasteiger partial charge in [-0.25, -0.2) is 4.98 Å². The van der Waals surface area contributed by atoms with Gasteiger partial charge in [-0.3, -0.25) is 4.79 Å². The minimum Gasteiger partial charge on any atom is -0.302 e. The molecule has 0 spiro atoms. The lowest BCUT2D eigenvalue weighted by molar-refractivity contribution is -0.117. The summed E-state index contributed by atoms with van der Waals surface area (Å²) in [7, 11) is 0. The maximum absolute atomic E-state index is 11.4. The van der Waals surface area contributed by atoms with Crippen molar-refractivity contribution in [3.63, 3.8) is 0 Å². The van der Waals surface area contributed by atoms with Gasteiger partial charge in [-0.05, 0) is 26.7 Å². The number of nitrogens with zero attached hydrogens (tertiary/aromatic N) is 1. The summed E-state index contributed by atoms with van der Waals surface area (Å²) >= 11 is 1.54. The normalized spacial score (nSPS) is 15.8. The zero-order chi connectivity index (χ0) is 9.42. The molecule has 1 aliphatic rings. The highest BCUT2D eigenvalue weighted by atomic mass is 32.1. The first kappa shape index (κ1) is 8.69. The summed E-state index contributed by atoms with van der Waals surface area (Å²) in [5, 5.41) is 3.58. The van der Waals surface area contributed by atoms with Crippen molar-refractivity contribution in [1.82, 2.24) is 4.98 Å². The van der Waals surface area contributed by atoms with E-state index in [0.717, 1.165) is 23.7 Å². The number of carbonyl (C=O) groups is 1. The van der Waals surface area contributed by atoms with Gasteiger partial charge in [0.1, 0.15) is 0 Å². The molecular weight excluding hydrogens is 184 g/mol. The molecule has 1 amide bonds. The molecule has 0 bridgehead atoms. The number of hydrogen-bond donors (Lipinski definition) is 1. The minimum absolute atomic E-state index is 0.133. The van der Waals surface area contributed by atoms with Crippen LogP contribution in [0, 0.1) is 19.8 Å². The third-order valence-electron chi connectivity index (χ3n) is 2.21. The van der Waals surface area contributed by atoms with E-state index < -0.39 is 0 Å². The Labute approximate surface area is 81.2 Å². The third kappa shape index (κ3) is 1.88. The molecule has 4 heteroatoms. The van der Waals surface area contributed by atoms with Gasteiger partial charge in [0.25, 0.3) is 0 Å². The van der Waals surface area contributed by atoms with E-state index in [2.05, 4.69) is 10.3 Å². The fourth-order valence-corrected chi connectivity index (χ4v) is 1.90. The molecule has 1 aliphatic carbocycles. The van der Waals surface area contributed by atoms with E-state index in [9.17, 15) is 4.79 Å². The maximum Gasteiger partial charge on any atom is 0.229 e. The molecule has 0 atom stereocenters. The molecule has 0 aromatic carbocycles. The predicted octanol–water partition coefficient (Wildman–Crippen LogP) is 2.11. The molecule has 1 fully saturated rings. The molecule has 1 N–H and O–H groups in total. The van der Waals surface area contributed by atoms with Gasteiger partial charge in [-0.2, -0.15) is 0 Å². The van der Waals surface area contributed by atoms with Crippen molar-refractivity contribution >= 4 is 22.4 Å². The van der Waals surface area contributed by atoms with Gasteiger partial charge in [0, 0.05) is 10.8 Å². The van der Waals surface area contributed by atoms with Crippen molar-refractivity contribution in [1.29, 1.82) is 0 Å². The Morgan fingerprint density at radius 3 is 2.69 bits per heavy atom. The monoisotopic (exact) mass is 196 g/mol. The number of nitrogens with one attached hydrogen (secondary N) is 1. The highest BCUT2D eigenvalue weighted by Gasteiger charge is 2.30. The molecule has 3 nitrogen and oxygen atoms in total. The molecule has 2 rings (SSSR count). The molecule has 0 unspecified atom stereocenters. The van der Waals surface area contributed by atoms with Crippen molar-refractivity contribution in [3.8, 4) is 0 Å². The van der Waals surface area contributed by atoms with Crippen LogP contribution in [0.3, 0.4) is 0 Å². The van der Waals surface area contributed by atoms with E-state index in [0.29, 0.717) is 0 Å². The van der Waals surface area contributed by atoms with E-state index in [1.165, 1.54) is 4.88 Å². The molecule has 1 aromatic rings. The third-order valence-corrected chi connectivity index (χ3v) is 3.20. The second-order valence-electron chi connectivity index (χ2n) is 3.42. The molecule has 0 radical (unpaired) electrons. The highest BCUT2D eigenvalue weighted by molar-refractivity contribution is 7.15. The average molecular weight is 196 g/mol. The Balaban J connectivity index is 2.04. The largest absolute Gasteiger partial charge is 0.302 e. The molecule has 70 valence electrons. The Morgan fingerprint density at radius 1 is 1.54 bits per heavy atom. The SMILES string of the molecule is Cc1nc(NC(=O)C2CC2)sc1C. The zero-order valence-electron chi connectivity index (χ0n) is 7.76. The number of anilines is 1. The predicted molar refractivity (Wildman–Crippen MR) is 52.9 cm³/mol. The number of hydrogen-bond acceptors (Lipinski definition) is 3. The van der Waals surface area contributed by atoms with Gasteiger partial charge in [0.05, 0.1) is 5.69 Å². The van der Waals surface area contributed by atoms with E-state index in [4.69, 9.17) is 0 Å². The fourth-order valence-electron chi connectivity index (χ4n) is 1.08. The van der Waals surface area contributed by atoms with Crippen molar-refractivity contribution in [2.75, 3.05) is 5.32 Å². The summed E-state index contributed by atoms with van der Waals surface area (Å²) in [6, 6.07) is 0. The zero-order valence-corrected chi connectivity index (χ0v) is 8.57. The van der Waals surface area contributed by atoms with Crippen LogP contribution in [-0.4, -0.2) is 10.9 Å². The first-order valence-corrected chi connectivity index (χ1v) is 5.23. The van der Waals surface area contributed by atoms with Crippen molar-refractivity contribution in [2.24, 2.45) is 5.92 Å². The Bertz CT molecular complexity index is 322. The number of amides is 1. The van der Waals surface area contributed by atoms with Crippen LogP contribution in [0.1, 0.15) is 23.4 Å².